The molecule has 0 spiro atoms. The molecule has 0 saturated heterocycles. The maximum atomic E-state index is 11.9. The van der Waals surface area contributed by atoms with Gasteiger partial charge in [0.05, 0.1) is 12.7 Å². The highest BCUT2D eigenvalue weighted by Crippen LogP contribution is 2.19. The summed E-state index contributed by atoms with van der Waals surface area (Å²) in [6, 6.07) is 4.22. The molecule has 5 nitrogen and oxygen atoms in total. The Morgan fingerprint density at radius 1 is 1.50 bits per heavy atom. The van der Waals surface area contributed by atoms with E-state index in [1.165, 1.54) is 9.75 Å². The van der Waals surface area contributed by atoms with Crippen LogP contribution in [0.1, 0.15) is 35.1 Å². The molecular formula is C16H23N3O2S. The monoisotopic (exact) mass is 321 g/mol. The van der Waals surface area contributed by atoms with Crippen LogP contribution in [0.3, 0.4) is 0 Å². The number of nitrogens with one attached hydrogen (secondary N) is 1. The summed E-state index contributed by atoms with van der Waals surface area (Å²) in [5, 5.41) is 17.2. The van der Waals surface area contributed by atoms with Crippen molar-refractivity contribution < 1.29 is 9.90 Å². The third-order valence-electron chi connectivity index (χ3n) is 3.58. The number of aliphatic hydroxyl groups is 1. The summed E-state index contributed by atoms with van der Waals surface area (Å²) in [5.41, 5.74) is -0.404. The number of hydrogen-bond donors (Lipinski definition) is 2. The second-order valence-electron chi connectivity index (χ2n) is 5.82. The van der Waals surface area contributed by atoms with E-state index < -0.39 is 5.60 Å². The Morgan fingerprint density at radius 2 is 2.27 bits per heavy atom. The molecule has 1 amide bonds. The molecule has 2 rings (SSSR count). The third kappa shape index (κ3) is 4.68. The Hall–Kier alpha value is -1.66. The minimum Gasteiger partial charge on any atom is -0.383 e. The lowest BCUT2D eigenvalue weighted by molar-refractivity contribution is -0.122. The number of aromatic nitrogens is 2. The predicted octanol–water partition coefficient (Wildman–Crippen LogP) is 2.14. The van der Waals surface area contributed by atoms with E-state index in [-0.39, 0.29) is 12.5 Å². The zero-order chi connectivity index (χ0) is 16.2. The van der Waals surface area contributed by atoms with E-state index >= 15 is 0 Å². The van der Waals surface area contributed by atoms with Crippen LogP contribution >= 0.6 is 11.3 Å². The van der Waals surface area contributed by atoms with Gasteiger partial charge in [-0.15, -0.1) is 11.3 Å². The highest BCUT2D eigenvalue weighted by atomic mass is 32.1. The minimum absolute atomic E-state index is 0.0301. The maximum Gasteiger partial charge on any atom is 0.220 e. The number of carbonyl (C=O) groups is 1. The van der Waals surface area contributed by atoms with Gasteiger partial charge in [0.2, 0.25) is 5.91 Å². The standard InChI is InChI=1S/C16H23N3O2S/c1-12-7-8-14(22-12)5-4-6-15(20)17-11-16(2,21)13-9-18-19(3)10-13/h7-10,21H,4-6,11H2,1-3H3,(H,17,20). The molecule has 2 aromatic heterocycles. The van der Waals surface area contributed by atoms with E-state index in [1.54, 1.807) is 42.4 Å². The van der Waals surface area contributed by atoms with Crippen molar-refractivity contribution in [1.29, 1.82) is 0 Å². The first-order valence-corrected chi connectivity index (χ1v) is 8.22. The molecule has 2 heterocycles. The third-order valence-corrected chi connectivity index (χ3v) is 4.64. The van der Waals surface area contributed by atoms with Gasteiger partial charge >= 0.3 is 0 Å². The summed E-state index contributed by atoms with van der Waals surface area (Å²) in [7, 11) is 1.80. The highest BCUT2D eigenvalue weighted by molar-refractivity contribution is 7.11. The fraction of sp³-hybridized carbons (Fsp3) is 0.500. The number of amides is 1. The van der Waals surface area contributed by atoms with Crippen molar-refractivity contribution in [3.05, 3.63) is 39.8 Å². The molecule has 0 aliphatic heterocycles. The largest absolute Gasteiger partial charge is 0.383 e. The molecule has 0 aliphatic carbocycles. The van der Waals surface area contributed by atoms with Crippen LogP contribution in [-0.4, -0.2) is 27.3 Å². The van der Waals surface area contributed by atoms with Gasteiger partial charge in [0.1, 0.15) is 5.60 Å². The van der Waals surface area contributed by atoms with Crippen molar-refractivity contribution >= 4 is 17.2 Å². The molecule has 0 saturated carbocycles. The minimum atomic E-state index is -1.10. The average molecular weight is 321 g/mol. The Kier molecular flexibility index (Phi) is 5.37. The molecule has 1 atom stereocenters. The predicted molar refractivity (Wildman–Crippen MR) is 87.8 cm³/mol. The Morgan fingerprint density at radius 3 is 2.86 bits per heavy atom. The lowest BCUT2D eigenvalue weighted by Gasteiger charge is -2.22. The number of rotatable bonds is 7. The molecule has 0 aliphatic rings. The second-order valence-corrected chi connectivity index (χ2v) is 7.19. The van der Waals surface area contributed by atoms with Crippen LogP contribution in [0.15, 0.2) is 24.5 Å². The highest BCUT2D eigenvalue weighted by Gasteiger charge is 2.25. The van der Waals surface area contributed by atoms with Gasteiger partial charge in [-0.05, 0) is 38.8 Å². The maximum absolute atomic E-state index is 11.9. The molecule has 2 aromatic rings. The zero-order valence-electron chi connectivity index (χ0n) is 13.3. The van der Waals surface area contributed by atoms with Crippen molar-refractivity contribution in [3.63, 3.8) is 0 Å². The van der Waals surface area contributed by atoms with E-state index in [9.17, 15) is 9.90 Å². The van der Waals surface area contributed by atoms with Crippen molar-refractivity contribution in [3.8, 4) is 0 Å². The number of nitrogens with zero attached hydrogens (tertiary/aromatic N) is 2. The van der Waals surface area contributed by atoms with E-state index in [2.05, 4.69) is 29.5 Å². The molecule has 6 heteroatoms. The summed E-state index contributed by atoms with van der Waals surface area (Å²) in [5.74, 6) is -0.0301. The summed E-state index contributed by atoms with van der Waals surface area (Å²) in [6.07, 6.45) is 5.59. The van der Waals surface area contributed by atoms with Gasteiger partial charge in [0.15, 0.2) is 0 Å². The van der Waals surface area contributed by atoms with Gasteiger partial charge < -0.3 is 10.4 Å². The van der Waals surface area contributed by atoms with Crippen molar-refractivity contribution in [2.45, 2.75) is 38.7 Å². The van der Waals surface area contributed by atoms with Gasteiger partial charge in [-0.2, -0.15) is 5.10 Å². The Bertz CT molecular complexity index is 631. The molecule has 0 radical (unpaired) electrons. The topological polar surface area (TPSA) is 67.2 Å². The summed E-state index contributed by atoms with van der Waals surface area (Å²) >= 11 is 1.78. The van der Waals surface area contributed by atoms with Crippen LogP contribution in [-0.2, 0) is 23.9 Å². The summed E-state index contributed by atoms with van der Waals surface area (Å²) in [4.78, 5) is 14.5. The number of hydrogen-bond acceptors (Lipinski definition) is 4. The van der Waals surface area contributed by atoms with Gasteiger partial charge in [-0.1, -0.05) is 0 Å². The van der Waals surface area contributed by atoms with Gasteiger partial charge in [0.25, 0.3) is 0 Å². The summed E-state index contributed by atoms with van der Waals surface area (Å²) < 4.78 is 1.63. The molecule has 22 heavy (non-hydrogen) atoms. The van der Waals surface area contributed by atoms with E-state index in [1.807, 2.05) is 0 Å². The Balaban J connectivity index is 1.73. The molecule has 0 bridgehead atoms. The van der Waals surface area contributed by atoms with Gasteiger partial charge in [-0.25, -0.2) is 0 Å². The fourth-order valence-electron chi connectivity index (χ4n) is 2.20. The quantitative estimate of drug-likeness (QED) is 0.821. The van der Waals surface area contributed by atoms with Crippen LogP contribution in [0, 0.1) is 6.92 Å². The number of carbonyl (C=O) groups excluding carboxylic acids is 1. The van der Waals surface area contributed by atoms with Crippen molar-refractivity contribution in [2.24, 2.45) is 7.05 Å². The average Bonchev–Trinajstić information content (AvgIpc) is 3.06. The van der Waals surface area contributed by atoms with E-state index in [4.69, 9.17) is 0 Å². The van der Waals surface area contributed by atoms with E-state index in [0.29, 0.717) is 12.0 Å². The van der Waals surface area contributed by atoms with Gasteiger partial charge in [-0.3, -0.25) is 9.48 Å². The first kappa shape index (κ1) is 16.7. The van der Waals surface area contributed by atoms with Crippen LogP contribution < -0.4 is 5.32 Å². The second kappa shape index (κ2) is 7.07. The van der Waals surface area contributed by atoms with Gasteiger partial charge in [0, 0.05) is 35.0 Å². The molecular weight excluding hydrogens is 298 g/mol. The molecule has 0 aromatic carbocycles. The lowest BCUT2D eigenvalue weighted by atomic mass is 9.99. The molecule has 1 unspecified atom stereocenters. The first-order valence-electron chi connectivity index (χ1n) is 7.40. The van der Waals surface area contributed by atoms with Crippen LogP contribution in [0.5, 0.6) is 0 Å². The normalized spacial score (nSPS) is 13.8. The van der Waals surface area contributed by atoms with Crippen LogP contribution in [0.4, 0.5) is 0 Å². The Labute approximate surface area is 135 Å². The first-order chi connectivity index (χ1) is 10.4. The van der Waals surface area contributed by atoms with Crippen LogP contribution in [0.25, 0.3) is 0 Å². The number of aryl methyl sites for hydroxylation is 3. The van der Waals surface area contributed by atoms with E-state index in [0.717, 1.165) is 12.8 Å². The molecule has 2 N–H and O–H groups in total. The smallest absolute Gasteiger partial charge is 0.220 e. The van der Waals surface area contributed by atoms with Crippen molar-refractivity contribution in [2.75, 3.05) is 6.54 Å². The zero-order valence-corrected chi connectivity index (χ0v) is 14.1. The number of thiophene rings is 1. The summed E-state index contributed by atoms with van der Waals surface area (Å²) in [6.45, 7) is 3.95. The van der Waals surface area contributed by atoms with Crippen LogP contribution in [0.2, 0.25) is 0 Å². The lowest BCUT2D eigenvalue weighted by Crippen LogP contribution is -2.38. The molecule has 0 fully saturated rings. The molecule has 120 valence electrons. The fourth-order valence-corrected chi connectivity index (χ4v) is 3.14. The SMILES string of the molecule is Cc1ccc(CCCC(=O)NCC(C)(O)c2cnn(C)c2)s1. The van der Waals surface area contributed by atoms with Crippen molar-refractivity contribution in [1.82, 2.24) is 15.1 Å².